The van der Waals surface area contributed by atoms with Gasteiger partial charge in [0.1, 0.15) is 0 Å². The van der Waals surface area contributed by atoms with Gasteiger partial charge in [0.05, 0.1) is 12.5 Å². The number of piperazine rings is 1. The quantitative estimate of drug-likeness (QED) is 0.828. The summed E-state index contributed by atoms with van der Waals surface area (Å²) >= 11 is 0. The summed E-state index contributed by atoms with van der Waals surface area (Å²) in [7, 11) is 0. The highest BCUT2D eigenvalue weighted by atomic mass is 16.2. The molecule has 3 aliphatic rings. The van der Waals surface area contributed by atoms with Gasteiger partial charge in [0.25, 0.3) is 0 Å². The highest BCUT2D eigenvalue weighted by molar-refractivity contribution is 6.00. The Bertz CT molecular complexity index is 671. The predicted molar refractivity (Wildman–Crippen MR) is 88.2 cm³/mol. The summed E-state index contributed by atoms with van der Waals surface area (Å²) in [6.45, 7) is 1.76. The van der Waals surface area contributed by atoms with Crippen molar-refractivity contribution in [2.24, 2.45) is 5.92 Å². The van der Waals surface area contributed by atoms with Gasteiger partial charge < -0.3 is 14.7 Å². The molecule has 2 heterocycles. The topological polar surface area (TPSA) is 60.9 Å². The van der Waals surface area contributed by atoms with Gasteiger partial charge in [0.2, 0.25) is 17.7 Å². The second kappa shape index (κ2) is 5.92. The molecule has 3 fully saturated rings. The van der Waals surface area contributed by atoms with Crippen molar-refractivity contribution in [1.82, 2.24) is 9.80 Å². The lowest BCUT2D eigenvalue weighted by molar-refractivity contribution is -0.147. The third-order valence-electron chi connectivity index (χ3n) is 5.10. The van der Waals surface area contributed by atoms with Gasteiger partial charge in [-0.15, -0.1) is 0 Å². The lowest BCUT2D eigenvalue weighted by Gasteiger charge is -2.35. The molecule has 6 heteroatoms. The summed E-state index contributed by atoms with van der Waals surface area (Å²) in [5.41, 5.74) is 0.826. The fraction of sp³-hybridized carbons (Fsp3) is 0.500. The molecule has 1 atom stereocenters. The molecule has 4 rings (SSSR count). The summed E-state index contributed by atoms with van der Waals surface area (Å²) in [6, 6.07) is 9.82. The fourth-order valence-electron chi connectivity index (χ4n) is 3.64. The Balaban J connectivity index is 1.40. The molecule has 126 valence electrons. The number of carbonyl (C=O) groups excluding carboxylic acids is 3. The maximum atomic E-state index is 12.7. The molecule has 0 bridgehead atoms. The van der Waals surface area contributed by atoms with Crippen molar-refractivity contribution in [3.8, 4) is 0 Å². The molecule has 2 saturated heterocycles. The summed E-state index contributed by atoms with van der Waals surface area (Å²) in [6.07, 6.45) is 2.40. The molecule has 1 aromatic rings. The second-order valence-electron chi connectivity index (χ2n) is 6.82. The molecule has 0 aromatic heterocycles. The normalized spacial score (nSPS) is 24.7. The molecular formula is C18H21N3O3. The van der Waals surface area contributed by atoms with E-state index in [-0.39, 0.29) is 36.6 Å². The summed E-state index contributed by atoms with van der Waals surface area (Å²) < 4.78 is 0. The summed E-state index contributed by atoms with van der Waals surface area (Å²) in [4.78, 5) is 42.4. The molecule has 1 aromatic carbocycles. The number of benzene rings is 1. The highest BCUT2D eigenvalue weighted by Gasteiger charge is 2.41. The van der Waals surface area contributed by atoms with E-state index >= 15 is 0 Å². The molecule has 24 heavy (non-hydrogen) atoms. The Morgan fingerprint density at radius 3 is 2.42 bits per heavy atom. The average molecular weight is 327 g/mol. The molecule has 1 unspecified atom stereocenters. The van der Waals surface area contributed by atoms with E-state index in [0.29, 0.717) is 25.7 Å². The first-order valence-electron chi connectivity index (χ1n) is 8.57. The fourth-order valence-corrected chi connectivity index (χ4v) is 3.64. The Hall–Kier alpha value is -2.37. The van der Waals surface area contributed by atoms with Gasteiger partial charge in [-0.1, -0.05) is 18.2 Å². The van der Waals surface area contributed by atoms with Crippen LogP contribution in [0.15, 0.2) is 30.3 Å². The smallest absolute Gasteiger partial charge is 0.242 e. The van der Waals surface area contributed by atoms with Crippen molar-refractivity contribution in [2.75, 3.05) is 31.1 Å². The molecule has 1 aliphatic carbocycles. The molecule has 0 spiro atoms. The zero-order chi connectivity index (χ0) is 16.7. The van der Waals surface area contributed by atoms with E-state index in [1.807, 2.05) is 35.2 Å². The first-order chi connectivity index (χ1) is 11.6. The minimum absolute atomic E-state index is 0.0255. The zero-order valence-corrected chi connectivity index (χ0v) is 13.6. The van der Waals surface area contributed by atoms with Crippen LogP contribution in [0.3, 0.4) is 0 Å². The number of carbonyl (C=O) groups is 3. The molecule has 6 nitrogen and oxygen atoms in total. The first kappa shape index (κ1) is 15.2. The first-order valence-corrected chi connectivity index (χ1v) is 8.57. The van der Waals surface area contributed by atoms with Crippen LogP contribution in [0.5, 0.6) is 0 Å². The number of rotatable bonds is 3. The van der Waals surface area contributed by atoms with Crippen molar-refractivity contribution >= 4 is 23.4 Å². The zero-order valence-electron chi connectivity index (χ0n) is 13.6. The number of anilines is 1. The third kappa shape index (κ3) is 2.77. The number of amides is 3. The summed E-state index contributed by atoms with van der Waals surface area (Å²) in [5, 5.41) is 0. The monoisotopic (exact) mass is 327 g/mol. The third-order valence-corrected chi connectivity index (χ3v) is 5.10. The number of hydrogen-bond acceptors (Lipinski definition) is 3. The Kier molecular flexibility index (Phi) is 3.75. The second-order valence-corrected chi connectivity index (χ2v) is 6.82. The van der Waals surface area contributed by atoms with Crippen molar-refractivity contribution in [1.29, 1.82) is 0 Å². The van der Waals surface area contributed by atoms with Gasteiger partial charge >= 0.3 is 0 Å². The van der Waals surface area contributed by atoms with Crippen LogP contribution in [-0.2, 0) is 14.4 Å². The van der Waals surface area contributed by atoms with Crippen molar-refractivity contribution in [3.05, 3.63) is 30.3 Å². The van der Waals surface area contributed by atoms with Crippen LogP contribution < -0.4 is 4.90 Å². The predicted octanol–water partition coefficient (Wildman–Crippen LogP) is 0.873. The van der Waals surface area contributed by atoms with Crippen molar-refractivity contribution in [2.45, 2.75) is 25.3 Å². The summed E-state index contributed by atoms with van der Waals surface area (Å²) in [5.74, 6) is -0.396. The molecule has 2 aliphatic heterocycles. The molecular weight excluding hydrogens is 306 g/mol. The average Bonchev–Trinajstić information content (AvgIpc) is 3.36. The van der Waals surface area contributed by atoms with E-state index in [4.69, 9.17) is 0 Å². The Labute approximate surface area is 141 Å². The Morgan fingerprint density at radius 2 is 1.75 bits per heavy atom. The minimum Gasteiger partial charge on any atom is -0.336 e. The highest BCUT2D eigenvalue weighted by Crippen LogP contribution is 2.30. The van der Waals surface area contributed by atoms with E-state index in [1.54, 1.807) is 9.80 Å². The standard InChI is InChI=1S/C18H21N3O3/c22-16-10-13(11-21(16)14-4-2-1-3-5-14)18(24)19-8-9-20(15-6-7-15)17(23)12-19/h1-5,13,15H,6-12H2. The van der Waals surface area contributed by atoms with Gasteiger partial charge in [-0.2, -0.15) is 0 Å². The Morgan fingerprint density at radius 1 is 1.00 bits per heavy atom. The van der Waals surface area contributed by atoms with Crippen LogP contribution in [0.25, 0.3) is 0 Å². The SMILES string of the molecule is O=C(C1CC(=O)N(c2ccccc2)C1)N1CCN(C2CC2)C(=O)C1. The van der Waals surface area contributed by atoms with E-state index in [9.17, 15) is 14.4 Å². The van der Waals surface area contributed by atoms with Crippen LogP contribution in [0, 0.1) is 5.92 Å². The number of hydrogen-bond donors (Lipinski definition) is 0. The van der Waals surface area contributed by atoms with Gasteiger partial charge in [0.15, 0.2) is 0 Å². The van der Waals surface area contributed by atoms with Crippen LogP contribution >= 0.6 is 0 Å². The molecule has 3 amide bonds. The van der Waals surface area contributed by atoms with Gasteiger partial charge in [-0.25, -0.2) is 0 Å². The largest absolute Gasteiger partial charge is 0.336 e. The van der Waals surface area contributed by atoms with Gasteiger partial charge in [-0.3, -0.25) is 14.4 Å². The molecule has 0 N–H and O–H groups in total. The van der Waals surface area contributed by atoms with Crippen molar-refractivity contribution in [3.63, 3.8) is 0 Å². The van der Waals surface area contributed by atoms with E-state index in [1.165, 1.54) is 0 Å². The molecule has 1 saturated carbocycles. The number of nitrogens with zero attached hydrogens (tertiary/aromatic N) is 3. The van der Waals surface area contributed by atoms with Crippen LogP contribution in [0.2, 0.25) is 0 Å². The lowest BCUT2D eigenvalue weighted by atomic mass is 10.1. The van der Waals surface area contributed by atoms with E-state index < -0.39 is 0 Å². The van der Waals surface area contributed by atoms with Crippen LogP contribution in [0.1, 0.15) is 19.3 Å². The van der Waals surface area contributed by atoms with Crippen LogP contribution in [-0.4, -0.2) is 59.7 Å². The lowest BCUT2D eigenvalue weighted by Crippen LogP contribution is -2.54. The minimum atomic E-state index is -0.349. The van der Waals surface area contributed by atoms with E-state index in [0.717, 1.165) is 18.5 Å². The maximum absolute atomic E-state index is 12.7. The number of para-hydroxylation sites is 1. The molecule has 0 radical (unpaired) electrons. The van der Waals surface area contributed by atoms with Gasteiger partial charge in [-0.05, 0) is 25.0 Å². The van der Waals surface area contributed by atoms with Crippen molar-refractivity contribution < 1.29 is 14.4 Å². The van der Waals surface area contributed by atoms with E-state index in [2.05, 4.69) is 0 Å². The maximum Gasteiger partial charge on any atom is 0.242 e. The van der Waals surface area contributed by atoms with Crippen LogP contribution in [0.4, 0.5) is 5.69 Å². The van der Waals surface area contributed by atoms with Gasteiger partial charge in [0, 0.05) is 37.8 Å².